The number of anilines is 1. The van der Waals surface area contributed by atoms with Gasteiger partial charge in [0.25, 0.3) is 0 Å². The fraction of sp³-hybridized carbons (Fsp3) is 0.133. The second-order valence-corrected chi connectivity index (χ2v) is 6.53. The molecular weight excluding hydrogens is 336 g/mol. The summed E-state index contributed by atoms with van der Waals surface area (Å²) in [5, 5.41) is 4.36. The van der Waals surface area contributed by atoms with Crippen molar-refractivity contribution in [3.05, 3.63) is 40.9 Å². The maximum absolute atomic E-state index is 5.82. The molecule has 0 saturated heterocycles. The van der Waals surface area contributed by atoms with Gasteiger partial charge >= 0.3 is 0 Å². The second kappa shape index (κ2) is 4.75. The van der Waals surface area contributed by atoms with Crippen LogP contribution in [0.4, 0.5) is 5.69 Å². The topological polar surface area (TPSA) is 34.1 Å². The molecule has 0 amide bonds. The molecule has 5 heteroatoms. The van der Waals surface area contributed by atoms with E-state index in [-0.39, 0.29) is 0 Å². The van der Waals surface area contributed by atoms with Gasteiger partial charge in [-0.05, 0) is 30.3 Å². The Bertz CT molecular complexity index is 800. The van der Waals surface area contributed by atoms with Crippen LogP contribution in [0.15, 0.2) is 40.9 Å². The molecule has 3 aromatic rings. The highest BCUT2D eigenvalue weighted by molar-refractivity contribution is 9.10. The van der Waals surface area contributed by atoms with Crippen LogP contribution in [-0.4, -0.2) is 18.1 Å². The third-order valence-electron chi connectivity index (χ3n) is 3.26. The Labute approximate surface area is 128 Å². The van der Waals surface area contributed by atoms with Gasteiger partial charge in [0, 0.05) is 11.0 Å². The molecule has 0 bridgehead atoms. The van der Waals surface area contributed by atoms with Gasteiger partial charge in [-0.25, -0.2) is 4.98 Å². The number of para-hydroxylation sites is 1. The molecular formula is C15H11BrN2OS. The number of benzene rings is 2. The van der Waals surface area contributed by atoms with Crippen molar-refractivity contribution in [3.8, 4) is 16.3 Å². The largest absolute Gasteiger partial charge is 0.489 e. The first-order valence-corrected chi connectivity index (χ1v) is 7.98. The number of hydrogen-bond donors (Lipinski definition) is 1. The summed E-state index contributed by atoms with van der Waals surface area (Å²) in [5.41, 5.74) is 3.13. The minimum Gasteiger partial charge on any atom is -0.489 e. The lowest BCUT2D eigenvalue weighted by molar-refractivity contribution is 0.324. The summed E-state index contributed by atoms with van der Waals surface area (Å²) in [4.78, 5) is 4.72. The minimum atomic E-state index is 0.695. The van der Waals surface area contributed by atoms with E-state index >= 15 is 0 Å². The smallest absolute Gasteiger partial charge is 0.152 e. The van der Waals surface area contributed by atoms with Crippen LogP contribution in [0.1, 0.15) is 0 Å². The highest BCUT2D eigenvalue weighted by Crippen LogP contribution is 2.41. The maximum atomic E-state index is 5.82. The highest BCUT2D eigenvalue weighted by Gasteiger charge is 2.17. The summed E-state index contributed by atoms with van der Waals surface area (Å²) in [6.07, 6.45) is 0. The summed E-state index contributed by atoms with van der Waals surface area (Å²) in [6, 6.07) is 12.3. The van der Waals surface area contributed by atoms with Crippen molar-refractivity contribution in [1.29, 1.82) is 0 Å². The van der Waals surface area contributed by atoms with Crippen LogP contribution < -0.4 is 10.1 Å². The van der Waals surface area contributed by atoms with Crippen molar-refractivity contribution in [1.82, 2.24) is 4.98 Å². The summed E-state index contributed by atoms with van der Waals surface area (Å²) in [6.45, 7) is 1.55. The first kappa shape index (κ1) is 12.2. The predicted octanol–water partition coefficient (Wildman–Crippen LogP) is 4.53. The van der Waals surface area contributed by atoms with E-state index in [9.17, 15) is 0 Å². The lowest BCUT2D eigenvalue weighted by Gasteiger charge is -2.20. The molecule has 4 rings (SSSR count). The SMILES string of the molecule is Brc1ccc2nc(-c3cccc4c3OCCN4)sc2c1. The van der Waals surface area contributed by atoms with E-state index in [0.29, 0.717) is 6.61 Å². The number of aromatic nitrogens is 1. The standard InChI is InChI=1S/C15H11BrN2OS/c16-9-4-5-11-13(8-9)20-15(18-11)10-2-1-3-12-14(10)19-7-6-17-12/h1-5,8,17H,6-7H2. The van der Waals surface area contributed by atoms with E-state index in [1.807, 2.05) is 24.3 Å². The first-order chi connectivity index (χ1) is 9.81. The zero-order valence-electron chi connectivity index (χ0n) is 10.5. The molecule has 1 N–H and O–H groups in total. The van der Waals surface area contributed by atoms with Gasteiger partial charge in [-0.1, -0.05) is 22.0 Å². The van der Waals surface area contributed by atoms with Crippen LogP contribution in [0.5, 0.6) is 5.75 Å². The Hall–Kier alpha value is -1.59. The van der Waals surface area contributed by atoms with Crippen LogP contribution in [0, 0.1) is 0 Å². The van der Waals surface area contributed by atoms with E-state index < -0.39 is 0 Å². The summed E-state index contributed by atoms with van der Waals surface area (Å²) in [5.74, 6) is 0.914. The number of fused-ring (bicyclic) bond motifs is 2. The quantitative estimate of drug-likeness (QED) is 0.702. The van der Waals surface area contributed by atoms with Crippen molar-refractivity contribution in [2.75, 3.05) is 18.5 Å². The van der Waals surface area contributed by atoms with Gasteiger partial charge in [0.1, 0.15) is 11.6 Å². The Kier molecular flexibility index (Phi) is 2.89. The van der Waals surface area contributed by atoms with Gasteiger partial charge in [0.2, 0.25) is 0 Å². The van der Waals surface area contributed by atoms with Crippen molar-refractivity contribution in [3.63, 3.8) is 0 Å². The summed E-state index contributed by atoms with van der Waals surface area (Å²) >= 11 is 5.19. The van der Waals surface area contributed by atoms with Crippen LogP contribution >= 0.6 is 27.3 Å². The number of rotatable bonds is 1. The third-order valence-corrected chi connectivity index (χ3v) is 4.80. The van der Waals surface area contributed by atoms with E-state index in [4.69, 9.17) is 9.72 Å². The molecule has 0 aliphatic carbocycles. The van der Waals surface area contributed by atoms with Crippen LogP contribution in [0.3, 0.4) is 0 Å². The Balaban J connectivity index is 1.90. The molecule has 0 atom stereocenters. The molecule has 100 valence electrons. The van der Waals surface area contributed by atoms with Gasteiger partial charge in [-0.3, -0.25) is 0 Å². The molecule has 0 unspecified atom stereocenters. The van der Waals surface area contributed by atoms with Crippen molar-refractivity contribution < 1.29 is 4.74 Å². The zero-order chi connectivity index (χ0) is 13.5. The van der Waals surface area contributed by atoms with Gasteiger partial charge in [0.15, 0.2) is 5.75 Å². The highest BCUT2D eigenvalue weighted by atomic mass is 79.9. The molecule has 1 aliphatic heterocycles. The van der Waals surface area contributed by atoms with Crippen LogP contribution in [-0.2, 0) is 0 Å². The maximum Gasteiger partial charge on any atom is 0.152 e. The number of nitrogens with zero attached hydrogens (tertiary/aromatic N) is 1. The van der Waals surface area contributed by atoms with Crippen molar-refractivity contribution >= 4 is 43.2 Å². The Morgan fingerprint density at radius 2 is 2.20 bits per heavy atom. The number of ether oxygens (including phenoxy) is 1. The van der Waals surface area contributed by atoms with Crippen molar-refractivity contribution in [2.45, 2.75) is 0 Å². The van der Waals surface area contributed by atoms with E-state index in [1.54, 1.807) is 11.3 Å². The van der Waals surface area contributed by atoms with Crippen LogP contribution in [0.2, 0.25) is 0 Å². The Morgan fingerprint density at radius 3 is 3.15 bits per heavy atom. The molecule has 0 saturated carbocycles. The molecule has 2 heterocycles. The third kappa shape index (κ3) is 1.98. The number of halogens is 1. The second-order valence-electron chi connectivity index (χ2n) is 4.59. The van der Waals surface area contributed by atoms with Gasteiger partial charge in [0.05, 0.1) is 21.5 Å². The number of nitrogens with one attached hydrogen (secondary N) is 1. The normalized spacial score (nSPS) is 13.7. The average Bonchev–Trinajstić information content (AvgIpc) is 2.89. The monoisotopic (exact) mass is 346 g/mol. The van der Waals surface area contributed by atoms with Gasteiger partial charge in [-0.15, -0.1) is 11.3 Å². The molecule has 0 fully saturated rings. The first-order valence-electron chi connectivity index (χ1n) is 6.37. The van der Waals surface area contributed by atoms with E-state index in [2.05, 4.69) is 33.4 Å². The van der Waals surface area contributed by atoms with Crippen molar-refractivity contribution in [2.24, 2.45) is 0 Å². The molecule has 20 heavy (non-hydrogen) atoms. The number of hydrogen-bond acceptors (Lipinski definition) is 4. The predicted molar refractivity (Wildman–Crippen MR) is 86.7 cm³/mol. The lowest BCUT2D eigenvalue weighted by atomic mass is 10.1. The lowest BCUT2D eigenvalue weighted by Crippen LogP contribution is -2.18. The minimum absolute atomic E-state index is 0.695. The van der Waals surface area contributed by atoms with E-state index in [1.165, 1.54) is 4.70 Å². The molecule has 0 radical (unpaired) electrons. The van der Waals surface area contributed by atoms with Gasteiger partial charge in [-0.2, -0.15) is 0 Å². The number of thiazole rings is 1. The summed E-state index contributed by atoms with van der Waals surface area (Å²) in [7, 11) is 0. The fourth-order valence-electron chi connectivity index (χ4n) is 2.35. The molecule has 2 aromatic carbocycles. The zero-order valence-corrected chi connectivity index (χ0v) is 12.9. The van der Waals surface area contributed by atoms with Crippen LogP contribution in [0.25, 0.3) is 20.8 Å². The van der Waals surface area contributed by atoms with E-state index in [0.717, 1.165) is 38.5 Å². The molecule has 3 nitrogen and oxygen atoms in total. The molecule has 1 aliphatic rings. The fourth-order valence-corrected chi connectivity index (χ4v) is 3.89. The molecule has 0 spiro atoms. The van der Waals surface area contributed by atoms with Gasteiger partial charge < -0.3 is 10.1 Å². The summed E-state index contributed by atoms with van der Waals surface area (Å²) < 4.78 is 8.08. The molecule has 1 aromatic heterocycles. The average molecular weight is 347 g/mol. The Morgan fingerprint density at radius 1 is 1.25 bits per heavy atom.